The molecule has 4 rings (SSSR count). The second-order valence-corrected chi connectivity index (χ2v) is 7.21. The van der Waals surface area contributed by atoms with E-state index in [2.05, 4.69) is 32.1 Å². The first-order chi connectivity index (χ1) is 10.1. The SMILES string of the molecule is C/C=C1/CCC2C3=CCc4cc(O)ccc4C3CCC12C. The van der Waals surface area contributed by atoms with E-state index in [1.807, 2.05) is 12.1 Å². The topological polar surface area (TPSA) is 20.2 Å². The zero-order valence-corrected chi connectivity index (χ0v) is 13.0. The van der Waals surface area contributed by atoms with Crippen LogP contribution in [0.5, 0.6) is 5.75 Å². The minimum atomic E-state index is 0.406. The van der Waals surface area contributed by atoms with E-state index in [9.17, 15) is 5.11 Å². The largest absolute Gasteiger partial charge is 0.508 e. The molecule has 0 saturated heterocycles. The molecule has 21 heavy (non-hydrogen) atoms. The average Bonchev–Trinajstić information content (AvgIpc) is 2.83. The molecule has 0 aliphatic heterocycles. The Balaban J connectivity index is 1.76. The second kappa shape index (κ2) is 4.50. The fraction of sp³-hybridized carbons (Fsp3) is 0.500. The average molecular weight is 280 g/mol. The van der Waals surface area contributed by atoms with Crippen LogP contribution in [0.15, 0.2) is 41.5 Å². The molecule has 1 heteroatoms. The maximum Gasteiger partial charge on any atom is 0.115 e. The van der Waals surface area contributed by atoms with Crippen LogP contribution < -0.4 is 0 Å². The summed E-state index contributed by atoms with van der Waals surface area (Å²) in [5.41, 5.74) is 6.59. The van der Waals surface area contributed by atoms with Crippen molar-refractivity contribution < 1.29 is 5.11 Å². The predicted octanol–water partition coefficient (Wildman–Crippen LogP) is 5.11. The summed E-state index contributed by atoms with van der Waals surface area (Å²) in [5, 5.41) is 9.71. The molecule has 1 aromatic rings. The van der Waals surface area contributed by atoms with Gasteiger partial charge in [-0.2, -0.15) is 0 Å². The fourth-order valence-corrected chi connectivity index (χ4v) is 5.28. The molecule has 3 atom stereocenters. The first-order valence-electron chi connectivity index (χ1n) is 8.31. The third-order valence-corrected chi connectivity index (χ3v) is 6.37. The van der Waals surface area contributed by atoms with Crippen LogP contribution in [-0.2, 0) is 6.42 Å². The number of phenolic OH excluding ortho intramolecular Hbond substituents is 1. The van der Waals surface area contributed by atoms with Gasteiger partial charge < -0.3 is 5.11 Å². The van der Waals surface area contributed by atoms with E-state index in [0.717, 1.165) is 12.3 Å². The molecule has 0 amide bonds. The lowest BCUT2D eigenvalue weighted by Crippen LogP contribution is -2.34. The Morgan fingerprint density at radius 3 is 2.95 bits per heavy atom. The number of allylic oxidation sites excluding steroid dienone is 4. The van der Waals surface area contributed by atoms with Crippen LogP contribution in [0.4, 0.5) is 0 Å². The second-order valence-electron chi connectivity index (χ2n) is 7.21. The highest BCUT2D eigenvalue weighted by Gasteiger charge is 2.49. The molecule has 3 unspecified atom stereocenters. The molecular weight excluding hydrogens is 256 g/mol. The van der Waals surface area contributed by atoms with E-state index in [0.29, 0.717) is 17.1 Å². The standard InChI is InChI=1S/C20H24O/c1-3-14-5-9-19-18-7-4-13-12-15(21)6-8-16(13)17(18)10-11-20(14,19)2/h3,6-8,12,17,19,21H,4-5,9-11H2,1-2H3/b14-3-. The summed E-state index contributed by atoms with van der Waals surface area (Å²) in [6.07, 6.45) is 11.0. The lowest BCUT2D eigenvalue weighted by Gasteiger charge is -2.45. The Labute approximate surface area is 127 Å². The molecule has 1 N–H and O–H groups in total. The molecule has 0 bridgehead atoms. The van der Waals surface area contributed by atoms with Gasteiger partial charge in [0.2, 0.25) is 0 Å². The number of phenols is 1. The van der Waals surface area contributed by atoms with Crippen molar-refractivity contribution in [3.05, 3.63) is 52.6 Å². The first kappa shape index (κ1) is 13.2. The van der Waals surface area contributed by atoms with E-state index < -0.39 is 0 Å². The Morgan fingerprint density at radius 2 is 2.14 bits per heavy atom. The van der Waals surface area contributed by atoms with Crippen molar-refractivity contribution in [1.29, 1.82) is 0 Å². The molecular formula is C20H24O. The first-order valence-corrected chi connectivity index (χ1v) is 8.31. The van der Waals surface area contributed by atoms with Crippen LogP contribution in [0.1, 0.15) is 56.6 Å². The summed E-state index contributed by atoms with van der Waals surface area (Å²) in [6, 6.07) is 5.99. The highest BCUT2D eigenvalue weighted by Crippen LogP contribution is 2.61. The molecule has 0 aromatic heterocycles. The van der Waals surface area contributed by atoms with Crippen molar-refractivity contribution in [2.45, 2.75) is 51.9 Å². The van der Waals surface area contributed by atoms with Crippen molar-refractivity contribution in [1.82, 2.24) is 0 Å². The van der Waals surface area contributed by atoms with Gasteiger partial charge in [-0.3, -0.25) is 0 Å². The minimum Gasteiger partial charge on any atom is -0.508 e. The summed E-state index contributed by atoms with van der Waals surface area (Å²) >= 11 is 0. The zero-order valence-electron chi connectivity index (χ0n) is 13.0. The predicted molar refractivity (Wildman–Crippen MR) is 86.5 cm³/mol. The summed E-state index contributed by atoms with van der Waals surface area (Å²) < 4.78 is 0. The third kappa shape index (κ3) is 1.76. The van der Waals surface area contributed by atoms with E-state index in [4.69, 9.17) is 0 Å². The van der Waals surface area contributed by atoms with Crippen molar-refractivity contribution >= 4 is 0 Å². The molecule has 110 valence electrons. The molecule has 1 aromatic carbocycles. The van der Waals surface area contributed by atoms with Crippen molar-refractivity contribution in [2.24, 2.45) is 11.3 Å². The smallest absolute Gasteiger partial charge is 0.115 e. The highest BCUT2D eigenvalue weighted by atomic mass is 16.3. The molecule has 3 aliphatic carbocycles. The molecule has 3 aliphatic rings. The van der Waals surface area contributed by atoms with Crippen molar-refractivity contribution in [2.75, 3.05) is 0 Å². The van der Waals surface area contributed by atoms with Gasteiger partial charge >= 0.3 is 0 Å². The van der Waals surface area contributed by atoms with Crippen LogP contribution >= 0.6 is 0 Å². The molecule has 0 heterocycles. The zero-order chi connectivity index (χ0) is 14.6. The van der Waals surface area contributed by atoms with Gasteiger partial charge in [0.1, 0.15) is 5.75 Å². The number of rotatable bonds is 0. The van der Waals surface area contributed by atoms with Crippen molar-refractivity contribution in [3.63, 3.8) is 0 Å². The van der Waals surface area contributed by atoms with Crippen LogP contribution in [0.25, 0.3) is 0 Å². The molecule has 0 radical (unpaired) electrons. The third-order valence-electron chi connectivity index (χ3n) is 6.37. The van der Waals surface area contributed by atoms with E-state index in [1.165, 1.54) is 36.8 Å². The summed E-state index contributed by atoms with van der Waals surface area (Å²) in [5.74, 6) is 1.75. The van der Waals surface area contributed by atoms with Gasteiger partial charge in [-0.25, -0.2) is 0 Å². The molecule has 2 saturated carbocycles. The molecule has 2 fully saturated rings. The number of hydrogen-bond donors (Lipinski definition) is 1. The minimum absolute atomic E-state index is 0.406. The quantitative estimate of drug-likeness (QED) is 0.654. The van der Waals surface area contributed by atoms with E-state index >= 15 is 0 Å². The van der Waals surface area contributed by atoms with Crippen molar-refractivity contribution in [3.8, 4) is 5.75 Å². The van der Waals surface area contributed by atoms with Gasteiger partial charge in [-0.05, 0) is 73.6 Å². The van der Waals surface area contributed by atoms with Gasteiger partial charge in [0, 0.05) is 5.92 Å². The van der Waals surface area contributed by atoms with Gasteiger partial charge in [-0.1, -0.05) is 36.3 Å². The Hall–Kier alpha value is -1.50. The molecule has 1 nitrogen and oxygen atoms in total. The summed E-state index contributed by atoms with van der Waals surface area (Å²) in [4.78, 5) is 0. The highest BCUT2D eigenvalue weighted by molar-refractivity contribution is 5.48. The Morgan fingerprint density at radius 1 is 1.29 bits per heavy atom. The maximum atomic E-state index is 9.71. The number of benzene rings is 1. The van der Waals surface area contributed by atoms with Crippen LogP contribution in [0.3, 0.4) is 0 Å². The van der Waals surface area contributed by atoms with Crippen LogP contribution in [0, 0.1) is 11.3 Å². The Bertz CT molecular complexity index is 652. The number of hydrogen-bond acceptors (Lipinski definition) is 1. The lowest BCUT2D eigenvalue weighted by atomic mass is 9.59. The monoisotopic (exact) mass is 280 g/mol. The van der Waals surface area contributed by atoms with E-state index in [1.54, 1.807) is 11.1 Å². The molecule has 0 spiro atoms. The van der Waals surface area contributed by atoms with Gasteiger partial charge in [0.05, 0.1) is 0 Å². The van der Waals surface area contributed by atoms with Gasteiger partial charge in [0.15, 0.2) is 0 Å². The number of aromatic hydroxyl groups is 1. The van der Waals surface area contributed by atoms with Crippen LogP contribution in [0.2, 0.25) is 0 Å². The van der Waals surface area contributed by atoms with Gasteiger partial charge in [0.25, 0.3) is 0 Å². The fourth-order valence-electron chi connectivity index (χ4n) is 5.28. The maximum absolute atomic E-state index is 9.71. The van der Waals surface area contributed by atoms with Gasteiger partial charge in [-0.15, -0.1) is 0 Å². The normalized spacial score (nSPS) is 35.9. The van der Waals surface area contributed by atoms with E-state index in [-0.39, 0.29) is 0 Å². The Kier molecular flexibility index (Phi) is 2.82. The van der Waals surface area contributed by atoms with Crippen LogP contribution in [-0.4, -0.2) is 5.11 Å². The lowest BCUT2D eigenvalue weighted by molar-refractivity contribution is 0.229. The summed E-state index contributed by atoms with van der Waals surface area (Å²) in [7, 11) is 0. The number of fused-ring (bicyclic) bond motifs is 5. The summed E-state index contributed by atoms with van der Waals surface area (Å²) in [6.45, 7) is 4.70.